The Morgan fingerprint density at radius 3 is 2.70 bits per heavy atom. The second-order valence-corrected chi connectivity index (χ2v) is 5.92. The van der Waals surface area contributed by atoms with Gasteiger partial charge in [-0.25, -0.2) is 9.78 Å². The molecule has 2 aromatic carbocycles. The van der Waals surface area contributed by atoms with Gasteiger partial charge in [0.1, 0.15) is 6.10 Å². The van der Waals surface area contributed by atoms with Crippen molar-refractivity contribution >= 4 is 16.7 Å². The molecule has 0 radical (unpaired) electrons. The van der Waals surface area contributed by atoms with Gasteiger partial charge in [0.25, 0.3) is 0 Å². The summed E-state index contributed by atoms with van der Waals surface area (Å²) in [5.74, 6) is -0.328. The minimum atomic E-state index is -0.328. The fraction of sp³-hybridized carbons (Fsp3) is 0.200. The number of hydrogen-bond acceptors (Lipinski definition) is 3. The van der Waals surface area contributed by atoms with Crippen LogP contribution >= 0.6 is 0 Å². The maximum atomic E-state index is 12.6. The van der Waals surface area contributed by atoms with E-state index in [4.69, 9.17) is 4.74 Å². The molecule has 4 rings (SSSR count). The average molecular weight is 303 g/mol. The maximum Gasteiger partial charge on any atom is 0.357 e. The van der Waals surface area contributed by atoms with Gasteiger partial charge in [-0.15, -0.1) is 0 Å². The molecular weight excluding hydrogens is 286 g/mol. The molecule has 1 heterocycles. The molecule has 3 aromatic rings. The van der Waals surface area contributed by atoms with E-state index in [1.54, 1.807) is 6.20 Å². The zero-order valence-electron chi connectivity index (χ0n) is 12.7. The quantitative estimate of drug-likeness (QED) is 0.673. The van der Waals surface area contributed by atoms with Gasteiger partial charge in [0, 0.05) is 18.0 Å². The number of pyridine rings is 1. The lowest BCUT2D eigenvalue weighted by Crippen LogP contribution is -2.26. The molecule has 0 N–H and O–H groups in total. The zero-order chi connectivity index (χ0) is 15.6. The van der Waals surface area contributed by atoms with E-state index in [9.17, 15) is 4.79 Å². The molecule has 0 aliphatic heterocycles. The summed E-state index contributed by atoms with van der Waals surface area (Å²) in [6.45, 7) is 0. The number of fused-ring (bicyclic) bond motifs is 2. The summed E-state index contributed by atoms with van der Waals surface area (Å²) in [5.41, 5.74) is 3.05. The van der Waals surface area contributed by atoms with Crippen molar-refractivity contribution in [3.05, 3.63) is 77.6 Å². The Morgan fingerprint density at radius 2 is 1.78 bits per heavy atom. The van der Waals surface area contributed by atoms with Crippen LogP contribution in [0.25, 0.3) is 10.8 Å². The lowest BCUT2D eigenvalue weighted by molar-refractivity contribution is 0.0266. The first-order valence-electron chi connectivity index (χ1n) is 7.93. The molecule has 1 aliphatic carbocycles. The van der Waals surface area contributed by atoms with E-state index >= 15 is 0 Å². The van der Waals surface area contributed by atoms with E-state index < -0.39 is 0 Å². The largest absolute Gasteiger partial charge is 0.457 e. The molecule has 1 unspecified atom stereocenters. The second-order valence-electron chi connectivity index (χ2n) is 5.92. The van der Waals surface area contributed by atoms with Crippen LogP contribution in [0.15, 0.2) is 60.8 Å². The van der Waals surface area contributed by atoms with Gasteiger partial charge < -0.3 is 4.74 Å². The first-order chi connectivity index (χ1) is 11.3. The number of rotatable bonds is 2. The highest BCUT2D eigenvalue weighted by Gasteiger charge is 2.23. The van der Waals surface area contributed by atoms with Gasteiger partial charge in [-0.3, -0.25) is 0 Å². The molecule has 23 heavy (non-hydrogen) atoms. The standard InChI is InChI=1S/C20H17NO2/c22-20(19-18-8-4-3-6-15(18)11-12-21-19)23-17-10-9-14-5-1-2-7-16(14)13-17/h1-8,11-12,17H,9-10,13H2. The van der Waals surface area contributed by atoms with E-state index in [0.29, 0.717) is 5.69 Å². The van der Waals surface area contributed by atoms with Gasteiger partial charge in [-0.2, -0.15) is 0 Å². The van der Waals surface area contributed by atoms with Gasteiger partial charge >= 0.3 is 5.97 Å². The van der Waals surface area contributed by atoms with Crippen LogP contribution < -0.4 is 0 Å². The molecule has 0 saturated heterocycles. The van der Waals surface area contributed by atoms with Gasteiger partial charge in [-0.1, -0.05) is 48.5 Å². The molecule has 0 saturated carbocycles. The van der Waals surface area contributed by atoms with Crippen molar-refractivity contribution in [3.8, 4) is 0 Å². The van der Waals surface area contributed by atoms with Gasteiger partial charge in [0.15, 0.2) is 5.69 Å². The van der Waals surface area contributed by atoms with Gasteiger partial charge in [0.05, 0.1) is 0 Å². The first kappa shape index (κ1) is 13.9. The monoisotopic (exact) mass is 303 g/mol. The van der Waals surface area contributed by atoms with Crippen LogP contribution in [0.5, 0.6) is 0 Å². The zero-order valence-corrected chi connectivity index (χ0v) is 12.7. The Morgan fingerprint density at radius 1 is 1.00 bits per heavy atom. The average Bonchev–Trinajstić information content (AvgIpc) is 2.61. The molecular formula is C20H17NO2. The highest BCUT2D eigenvalue weighted by atomic mass is 16.5. The summed E-state index contributed by atoms with van der Waals surface area (Å²) >= 11 is 0. The summed E-state index contributed by atoms with van der Waals surface area (Å²) in [6.07, 6.45) is 4.20. The number of aromatic nitrogens is 1. The van der Waals surface area contributed by atoms with Gasteiger partial charge in [-0.05, 0) is 35.4 Å². The van der Waals surface area contributed by atoms with E-state index in [1.807, 2.05) is 36.4 Å². The second kappa shape index (κ2) is 5.84. The first-order valence-corrected chi connectivity index (χ1v) is 7.93. The fourth-order valence-corrected chi connectivity index (χ4v) is 3.25. The number of carbonyl (C=O) groups is 1. The molecule has 1 aromatic heterocycles. The Bertz CT molecular complexity index is 867. The SMILES string of the molecule is O=C(OC1CCc2ccccc2C1)c1nccc2ccccc12. The number of benzene rings is 2. The summed E-state index contributed by atoms with van der Waals surface area (Å²) in [6, 6.07) is 18.0. The van der Waals surface area contributed by atoms with Crippen molar-refractivity contribution in [2.24, 2.45) is 0 Å². The number of carbonyl (C=O) groups excluding carboxylic acids is 1. The van der Waals surface area contributed by atoms with Crippen molar-refractivity contribution in [1.29, 1.82) is 0 Å². The third kappa shape index (κ3) is 2.70. The minimum absolute atomic E-state index is 0.0711. The molecule has 0 amide bonds. The summed E-state index contributed by atoms with van der Waals surface area (Å²) in [5, 5.41) is 1.85. The number of esters is 1. The predicted octanol–water partition coefficient (Wildman–Crippen LogP) is 3.95. The van der Waals surface area contributed by atoms with Crippen LogP contribution in [0, 0.1) is 0 Å². The third-order valence-corrected chi connectivity index (χ3v) is 4.44. The summed E-state index contributed by atoms with van der Waals surface area (Å²) < 4.78 is 5.74. The third-order valence-electron chi connectivity index (χ3n) is 4.44. The molecule has 0 fully saturated rings. The molecule has 114 valence electrons. The Labute approximate surface area is 134 Å². The van der Waals surface area contributed by atoms with Crippen LogP contribution in [-0.2, 0) is 17.6 Å². The molecule has 3 heteroatoms. The summed E-state index contributed by atoms with van der Waals surface area (Å²) in [7, 11) is 0. The van der Waals surface area contributed by atoms with E-state index in [2.05, 4.69) is 23.2 Å². The fourth-order valence-electron chi connectivity index (χ4n) is 3.25. The highest BCUT2D eigenvalue weighted by molar-refractivity contribution is 6.02. The van der Waals surface area contributed by atoms with E-state index in [-0.39, 0.29) is 12.1 Å². The van der Waals surface area contributed by atoms with Crippen molar-refractivity contribution in [3.63, 3.8) is 0 Å². The van der Waals surface area contributed by atoms with Crippen molar-refractivity contribution in [2.45, 2.75) is 25.4 Å². The van der Waals surface area contributed by atoms with Crippen molar-refractivity contribution in [1.82, 2.24) is 4.98 Å². The number of hydrogen-bond donors (Lipinski definition) is 0. The summed E-state index contributed by atoms with van der Waals surface area (Å²) in [4.78, 5) is 16.8. The lowest BCUT2D eigenvalue weighted by atomic mass is 9.90. The molecule has 3 nitrogen and oxygen atoms in total. The topological polar surface area (TPSA) is 39.2 Å². The van der Waals surface area contributed by atoms with Crippen LogP contribution in [0.1, 0.15) is 28.0 Å². The van der Waals surface area contributed by atoms with Crippen LogP contribution in [0.4, 0.5) is 0 Å². The van der Waals surface area contributed by atoms with Gasteiger partial charge in [0.2, 0.25) is 0 Å². The molecule has 1 aliphatic rings. The van der Waals surface area contributed by atoms with Crippen LogP contribution in [0.2, 0.25) is 0 Å². The Balaban J connectivity index is 1.56. The lowest BCUT2D eigenvalue weighted by Gasteiger charge is -2.24. The Hall–Kier alpha value is -2.68. The number of nitrogens with zero attached hydrogens (tertiary/aromatic N) is 1. The predicted molar refractivity (Wildman–Crippen MR) is 89.4 cm³/mol. The number of aryl methyl sites for hydroxylation is 1. The maximum absolute atomic E-state index is 12.6. The molecule has 0 bridgehead atoms. The van der Waals surface area contributed by atoms with Crippen molar-refractivity contribution in [2.75, 3.05) is 0 Å². The van der Waals surface area contributed by atoms with Crippen molar-refractivity contribution < 1.29 is 9.53 Å². The number of ether oxygens (including phenoxy) is 1. The Kier molecular flexibility index (Phi) is 3.54. The normalized spacial score (nSPS) is 16.8. The van der Waals surface area contributed by atoms with Crippen LogP contribution in [-0.4, -0.2) is 17.1 Å². The minimum Gasteiger partial charge on any atom is -0.457 e. The highest BCUT2D eigenvalue weighted by Crippen LogP contribution is 2.24. The molecule has 1 atom stereocenters. The smallest absolute Gasteiger partial charge is 0.357 e. The molecule has 0 spiro atoms. The van der Waals surface area contributed by atoms with Crippen LogP contribution in [0.3, 0.4) is 0 Å². The van der Waals surface area contributed by atoms with E-state index in [1.165, 1.54) is 11.1 Å². The van der Waals surface area contributed by atoms with E-state index in [0.717, 1.165) is 30.0 Å².